The molecule has 4 amide bonds. The van der Waals surface area contributed by atoms with Crippen LogP contribution < -0.4 is 30.9 Å². The number of anilines is 1. The van der Waals surface area contributed by atoms with Crippen LogP contribution in [0, 0.1) is 34.5 Å². The third-order valence-corrected chi connectivity index (χ3v) is 16.7. The van der Waals surface area contributed by atoms with Crippen molar-refractivity contribution in [2.75, 3.05) is 31.1 Å². The first kappa shape index (κ1) is 53.6. The summed E-state index contributed by atoms with van der Waals surface area (Å²) in [6.07, 6.45) is 4.51. The number of hydrogen-bond acceptors (Lipinski definition) is 13. The fourth-order valence-electron chi connectivity index (χ4n) is 11.3. The first-order valence-corrected chi connectivity index (χ1v) is 26.6. The Morgan fingerprint density at radius 1 is 0.986 bits per heavy atom. The maximum atomic E-state index is 14.3. The van der Waals surface area contributed by atoms with Gasteiger partial charge in [-0.3, -0.25) is 24.5 Å². The number of halogens is 1. The third kappa shape index (κ3) is 11.5. The number of piperidine rings is 1. The molecule has 0 bridgehead atoms. The molecule has 2 aromatic heterocycles. The highest BCUT2D eigenvalue weighted by Crippen LogP contribution is 2.55. The fourth-order valence-corrected chi connectivity index (χ4v) is 12.4. The van der Waals surface area contributed by atoms with Gasteiger partial charge in [0.05, 0.1) is 57.0 Å². The molecule has 0 spiro atoms. The van der Waals surface area contributed by atoms with Crippen LogP contribution in [0.2, 0.25) is 5.02 Å². The second-order valence-corrected chi connectivity index (χ2v) is 23.9. The number of ether oxygens (including phenoxy) is 2. The molecule has 4 aromatic rings. The number of carbonyl (C=O) groups excluding carboxylic acids is 4. The lowest BCUT2D eigenvalue weighted by Gasteiger charge is -2.63. The molecule has 2 aliphatic heterocycles. The van der Waals surface area contributed by atoms with Crippen LogP contribution in [0.1, 0.15) is 127 Å². The van der Waals surface area contributed by atoms with E-state index in [1.165, 1.54) is 4.90 Å². The number of carbonyl (C=O) groups is 4. The van der Waals surface area contributed by atoms with Crippen molar-refractivity contribution in [1.82, 2.24) is 36.1 Å². The first-order valence-electron chi connectivity index (χ1n) is 25.4. The van der Waals surface area contributed by atoms with Gasteiger partial charge in [-0.1, -0.05) is 84.3 Å². The van der Waals surface area contributed by atoms with E-state index in [4.69, 9.17) is 26.1 Å². The summed E-state index contributed by atoms with van der Waals surface area (Å²) in [6.45, 7) is 19.1. The topological polar surface area (TPSA) is 211 Å². The summed E-state index contributed by atoms with van der Waals surface area (Å²) in [7, 11) is 0. The molecule has 390 valence electrons. The Kier molecular flexibility index (Phi) is 15.7. The average Bonchev–Trinajstić information content (AvgIpc) is 3.97. The molecule has 18 heteroatoms. The number of aromatic nitrogens is 2. The lowest BCUT2D eigenvalue weighted by molar-refractivity contribution is -0.166. The van der Waals surface area contributed by atoms with Crippen LogP contribution in [0.3, 0.4) is 0 Å². The first-order chi connectivity index (χ1) is 34.5. The van der Waals surface area contributed by atoms with Crippen molar-refractivity contribution >= 4 is 52.4 Å². The van der Waals surface area contributed by atoms with E-state index in [1.54, 1.807) is 41.8 Å². The summed E-state index contributed by atoms with van der Waals surface area (Å²) >= 11 is 7.85. The Balaban J connectivity index is 0.799. The highest BCUT2D eigenvalue weighted by Gasteiger charge is 2.64. The van der Waals surface area contributed by atoms with Crippen molar-refractivity contribution in [2.45, 2.75) is 149 Å². The van der Waals surface area contributed by atoms with Crippen molar-refractivity contribution in [3.63, 3.8) is 0 Å². The number of likely N-dealkylation sites (tertiary alicyclic amines) is 1. The number of aliphatic hydroxyl groups excluding tert-OH is 1. The predicted octanol–water partition coefficient (Wildman–Crippen LogP) is 7.48. The van der Waals surface area contributed by atoms with Crippen LogP contribution in [0.4, 0.5) is 5.82 Å². The molecule has 4 heterocycles. The third-order valence-electron chi connectivity index (χ3n) is 15.4. The molecule has 5 N–H and O–H groups in total. The molecular formula is C55H70ClN9O7S. The van der Waals surface area contributed by atoms with Gasteiger partial charge in [0, 0.05) is 55.2 Å². The summed E-state index contributed by atoms with van der Waals surface area (Å²) in [5, 5.41) is 33.0. The Labute approximate surface area is 438 Å². The van der Waals surface area contributed by atoms with Gasteiger partial charge in [0.25, 0.3) is 5.91 Å². The number of nitrogens with one attached hydrogen (secondary N) is 4. The fraction of sp³-hybridized carbons (Fsp3) is 0.545. The van der Waals surface area contributed by atoms with Gasteiger partial charge in [0.15, 0.2) is 0 Å². The van der Waals surface area contributed by atoms with Gasteiger partial charge in [0.1, 0.15) is 41.5 Å². The number of nitrogens with zero attached hydrogens (tertiary/aromatic N) is 5. The number of aliphatic hydroxyl groups is 1. The van der Waals surface area contributed by atoms with Crippen LogP contribution in [0.25, 0.3) is 10.4 Å². The van der Waals surface area contributed by atoms with Gasteiger partial charge in [-0.2, -0.15) is 5.26 Å². The Morgan fingerprint density at radius 2 is 1.68 bits per heavy atom. The zero-order valence-corrected chi connectivity index (χ0v) is 45.0. The summed E-state index contributed by atoms with van der Waals surface area (Å²) in [5.74, 6) is -0.00802. The van der Waals surface area contributed by atoms with E-state index < -0.39 is 46.1 Å². The minimum Gasteiger partial charge on any atom is -0.489 e. The summed E-state index contributed by atoms with van der Waals surface area (Å²) in [5.41, 5.74) is 3.40. The van der Waals surface area contributed by atoms with Gasteiger partial charge in [0.2, 0.25) is 17.7 Å². The van der Waals surface area contributed by atoms with Crippen LogP contribution in [0.15, 0.2) is 66.3 Å². The molecule has 2 saturated heterocycles. The molecular weight excluding hydrogens is 966 g/mol. The van der Waals surface area contributed by atoms with Crippen LogP contribution in [-0.2, 0) is 19.1 Å². The lowest BCUT2D eigenvalue weighted by Crippen LogP contribution is -2.74. The summed E-state index contributed by atoms with van der Waals surface area (Å²) in [4.78, 5) is 69.2. The van der Waals surface area contributed by atoms with E-state index in [9.17, 15) is 29.5 Å². The predicted molar refractivity (Wildman–Crippen MR) is 281 cm³/mol. The molecule has 4 fully saturated rings. The van der Waals surface area contributed by atoms with E-state index in [0.29, 0.717) is 35.0 Å². The number of β-amino-alcohol motifs (C(OH)–C–C–N with tert-alkyl or cyclic N) is 1. The molecule has 2 aliphatic carbocycles. The number of amides is 4. The smallest absolute Gasteiger partial charge is 0.253 e. The minimum atomic E-state index is -0.958. The van der Waals surface area contributed by atoms with E-state index >= 15 is 0 Å². The number of hydrogen-bond donors (Lipinski definition) is 5. The molecule has 0 unspecified atom stereocenters. The van der Waals surface area contributed by atoms with Crippen molar-refractivity contribution in [1.29, 1.82) is 5.26 Å². The molecule has 4 aliphatic rings. The number of nitriles is 1. The average molecular weight is 1040 g/mol. The van der Waals surface area contributed by atoms with Crippen molar-refractivity contribution < 1.29 is 33.8 Å². The highest BCUT2D eigenvalue weighted by atomic mass is 35.5. The number of aryl methyl sites for hydroxylation is 1. The Hall–Kier alpha value is -5.64. The maximum Gasteiger partial charge on any atom is 0.253 e. The van der Waals surface area contributed by atoms with Crippen LogP contribution in [-0.4, -0.2) is 112 Å². The van der Waals surface area contributed by atoms with Crippen LogP contribution in [0.5, 0.6) is 5.75 Å². The van der Waals surface area contributed by atoms with E-state index in [1.807, 2.05) is 70.5 Å². The van der Waals surface area contributed by atoms with Crippen molar-refractivity contribution in [3.05, 3.63) is 93.7 Å². The Bertz CT molecular complexity index is 2690. The monoisotopic (exact) mass is 1040 g/mol. The minimum absolute atomic E-state index is 0.0148. The molecule has 2 saturated carbocycles. The van der Waals surface area contributed by atoms with E-state index in [2.05, 4.69) is 64.9 Å². The SMILES string of the molecule is Cc1ncsc1-c1ccc([C@H](C)NC(=O)[C@@H]2C[C@@H](O)CN2C(=O)[C@@H](NC(=O)CNC2(OC3CCN(c4ccc(C(=O)NC5C(C)(C)C(Oc6ccc(C#N)c(Cl)c6)C5(C)C)cn4)CC3)CCC2)C(C)(C)C)cc1. The molecule has 4 atom stereocenters. The number of benzene rings is 2. The highest BCUT2D eigenvalue weighted by molar-refractivity contribution is 7.13. The second-order valence-electron chi connectivity index (χ2n) is 22.6. The van der Waals surface area contributed by atoms with E-state index in [0.717, 1.165) is 59.6 Å². The molecule has 0 radical (unpaired) electrons. The molecule has 73 heavy (non-hydrogen) atoms. The number of pyridine rings is 1. The zero-order chi connectivity index (χ0) is 52.6. The quantitative estimate of drug-likeness (QED) is 0.0692. The van der Waals surface area contributed by atoms with Gasteiger partial charge < -0.3 is 40.3 Å². The molecule has 16 nitrogen and oxygen atoms in total. The van der Waals surface area contributed by atoms with Crippen LogP contribution >= 0.6 is 22.9 Å². The largest absolute Gasteiger partial charge is 0.489 e. The normalized spacial score (nSPS) is 23.0. The van der Waals surface area contributed by atoms with E-state index in [-0.39, 0.29) is 61.5 Å². The zero-order valence-electron chi connectivity index (χ0n) is 43.4. The Morgan fingerprint density at radius 3 is 2.26 bits per heavy atom. The van der Waals surface area contributed by atoms with Gasteiger partial charge in [-0.15, -0.1) is 11.3 Å². The van der Waals surface area contributed by atoms with Crippen molar-refractivity contribution in [3.8, 4) is 22.3 Å². The van der Waals surface area contributed by atoms with Gasteiger partial charge >= 0.3 is 0 Å². The number of rotatable bonds is 16. The summed E-state index contributed by atoms with van der Waals surface area (Å²) in [6, 6.07) is 16.4. The second kappa shape index (κ2) is 21.3. The molecule has 8 rings (SSSR count). The maximum absolute atomic E-state index is 14.3. The standard InChI is InChI=1S/C55H70ClN9O7S/c1-32(34-11-13-35(14-12-34)45-33(2)59-31-73-45)61-48(69)42-25-38(66)30-65(42)49(70)46(52(3,4)5)62-44(67)29-60-55(21-10-22-55)72-39-19-23-64(24-20-39)43-18-16-37(28-58-43)47(68)63-50-53(6,7)51(54(50,8)9)71-40-17-15-36(27-57)41(56)26-40/h11-18,26,28,31-32,38-39,42,46,50-51,60,66H,10,19-25,29-30H2,1-9H3,(H,61,69)(H,62,67)(H,63,68)/t32-,38+,42-,46+,50?,51?/m0/s1. The number of thiazole rings is 1. The lowest BCUT2D eigenvalue weighted by atomic mass is 9.49. The van der Waals surface area contributed by atoms with Crippen molar-refractivity contribution in [2.24, 2.45) is 16.2 Å². The van der Waals surface area contributed by atoms with Gasteiger partial charge in [-0.05, 0) is 86.8 Å². The summed E-state index contributed by atoms with van der Waals surface area (Å²) < 4.78 is 13.1. The molecule has 2 aromatic carbocycles. The van der Waals surface area contributed by atoms with Gasteiger partial charge in [-0.25, -0.2) is 9.97 Å².